The normalized spacial score (nSPS) is 10.0. The van der Waals surface area contributed by atoms with Gasteiger partial charge < -0.3 is 11.5 Å². The van der Waals surface area contributed by atoms with Crippen LogP contribution < -0.4 is 11.5 Å². The summed E-state index contributed by atoms with van der Waals surface area (Å²) >= 11 is 0. The van der Waals surface area contributed by atoms with E-state index in [1.54, 1.807) is 12.4 Å². The minimum atomic E-state index is 0.480. The maximum Gasteiger partial charge on any atom is 0.0741 e. The molecule has 2 rings (SSSR count). The van der Waals surface area contributed by atoms with Gasteiger partial charge in [0, 0.05) is 18.0 Å². The predicted molar refractivity (Wildman–Crippen MR) is 56.3 cm³/mol. The Morgan fingerprint density at radius 1 is 1.07 bits per heavy atom. The summed E-state index contributed by atoms with van der Waals surface area (Å²) in [5, 5.41) is 0. The van der Waals surface area contributed by atoms with Crippen molar-refractivity contribution >= 4 is 11.4 Å². The standard InChI is InChI=1S/C10H10N4/c11-8-6-13-5-7(10(8)12)9-3-1-2-4-14-9/h1-6H,11H2,(H2,12,13). The van der Waals surface area contributed by atoms with Crippen LogP contribution in [0, 0.1) is 0 Å². The Bertz CT molecular complexity index is 439. The average Bonchev–Trinajstić information content (AvgIpc) is 2.23. The first kappa shape index (κ1) is 8.50. The number of nitrogens with two attached hydrogens (primary N) is 2. The van der Waals surface area contributed by atoms with Crippen LogP contribution in [0.3, 0.4) is 0 Å². The Balaban J connectivity index is 2.58. The van der Waals surface area contributed by atoms with Crippen molar-refractivity contribution in [1.29, 1.82) is 0 Å². The van der Waals surface area contributed by atoms with Crippen molar-refractivity contribution in [3.05, 3.63) is 36.8 Å². The summed E-state index contributed by atoms with van der Waals surface area (Å²) in [6.07, 6.45) is 4.90. The summed E-state index contributed by atoms with van der Waals surface area (Å²) in [5.74, 6) is 0. The van der Waals surface area contributed by atoms with Gasteiger partial charge in [-0.25, -0.2) is 0 Å². The van der Waals surface area contributed by atoms with E-state index in [0.717, 1.165) is 11.3 Å². The van der Waals surface area contributed by atoms with Crippen LogP contribution >= 0.6 is 0 Å². The third-order valence-corrected chi connectivity index (χ3v) is 1.96. The SMILES string of the molecule is Nc1cncc(-c2ccccn2)c1N. The molecule has 2 aromatic rings. The minimum absolute atomic E-state index is 0.480. The Morgan fingerprint density at radius 2 is 1.93 bits per heavy atom. The number of anilines is 2. The highest BCUT2D eigenvalue weighted by Crippen LogP contribution is 2.26. The molecule has 2 aromatic heterocycles. The molecule has 0 aliphatic rings. The van der Waals surface area contributed by atoms with Crippen molar-refractivity contribution in [1.82, 2.24) is 9.97 Å². The predicted octanol–water partition coefficient (Wildman–Crippen LogP) is 1.31. The fraction of sp³-hybridized carbons (Fsp3) is 0. The first-order valence-corrected chi connectivity index (χ1v) is 4.19. The summed E-state index contributed by atoms with van der Waals surface area (Å²) in [4.78, 5) is 8.15. The Hall–Kier alpha value is -2.10. The zero-order chi connectivity index (χ0) is 9.97. The van der Waals surface area contributed by atoms with E-state index in [1.807, 2.05) is 18.2 Å². The van der Waals surface area contributed by atoms with Crippen LogP contribution in [-0.4, -0.2) is 9.97 Å². The summed E-state index contributed by atoms with van der Waals surface area (Å²) < 4.78 is 0. The second-order valence-electron chi connectivity index (χ2n) is 2.90. The van der Waals surface area contributed by atoms with E-state index in [1.165, 1.54) is 6.20 Å². The molecular formula is C10H10N4. The first-order valence-electron chi connectivity index (χ1n) is 4.19. The monoisotopic (exact) mass is 186 g/mol. The number of hydrogen-bond donors (Lipinski definition) is 2. The van der Waals surface area contributed by atoms with E-state index < -0.39 is 0 Å². The molecule has 0 aromatic carbocycles. The zero-order valence-corrected chi connectivity index (χ0v) is 7.51. The minimum Gasteiger partial charge on any atom is -0.396 e. The highest BCUT2D eigenvalue weighted by molar-refractivity contribution is 5.81. The van der Waals surface area contributed by atoms with E-state index in [2.05, 4.69) is 9.97 Å². The molecule has 14 heavy (non-hydrogen) atoms. The largest absolute Gasteiger partial charge is 0.396 e. The molecule has 0 spiro atoms. The van der Waals surface area contributed by atoms with Gasteiger partial charge in [-0.1, -0.05) is 6.07 Å². The molecule has 0 bridgehead atoms. The maximum atomic E-state index is 5.81. The first-order chi connectivity index (χ1) is 6.79. The summed E-state index contributed by atoms with van der Waals surface area (Å²) in [6, 6.07) is 5.61. The quantitative estimate of drug-likeness (QED) is 0.703. The van der Waals surface area contributed by atoms with Crippen molar-refractivity contribution in [2.45, 2.75) is 0 Å². The molecule has 70 valence electrons. The molecule has 0 atom stereocenters. The summed E-state index contributed by atoms with van der Waals surface area (Å²) in [6.45, 7) is 0. The van der Waals surface area contributed by atoms with Crippen LogP contribution in [0.5, 0.6) is 0 Å². The van der Waals surface area contributed by atoms with E-state index in [4.69, 9.17) is 11.5 Å². The van der Waals surface area contributed by atoms with Gasteiger partial charge in [-0.2, -0.15) is 0 Å². The molecule has 0 aliphatic heterocycles. The van der Waals surface area contributed by atoms with E-state index in [-0.39, 0.29) is 0 Å². The van der Waals surface area contributed by atoms with Crippen molar-refractivity contribution in [3.63, 3.8) is 0 Å². The van der Waals surface area contributed by atoms with E-state index in [0.29, 0.717) is 11.4 Å². The second-order valence-corrected chi connectivity index (χ2v) is 2.90. The maximum absolute atomic E-state index is 5.81. The zero-order valence-electron chi connectivity index (χ0n) is 7.51. The van der Waals surface area contributed by atoms with Gasteiger partial charge in [-0.15, -0.1) is 0 Å². The lowest BCUT2D eigenvalue weighted by Gasteiger charge is -2.05. The van der Waals surface area contributed by atoms with Crippen molar-refractivity contribution in [2.75, 3.05) is 11.5 Å². The fourth-order valence-corrected chi connectivity index (χ4v) is 1.21. The number of rotatable bonds is 1. The van der Waals surface area contributed by atoms with Gasteiger partial charge in [0.05, 0.1) is 23.3 Å². The molecule has 0 radical (unpaired) electrons. The van der Waals surface area contributed by atoms with E-state index >= 15 is 0 Å². The Kier molecular flexibility index (Phi) is 2.02. The number of hydrogen-bond acceptors (Lipinski definition) is 4. The van der Waals surface area contributed by atoms with Crippen LogP contribution in [0.2, 0.25) is 0 Å². The third-order valence-electron chi connectivity index (χ3n) is 1.96. The smallest absolute Gasteiger partial charge is 0.0741 e. The molecule has 0 saturated carbocycles. The molecule has 4 heteroatoms. The molecule has 2 heterocycles. The summed E-state index contributed by atoms with van der Waals surface area (Å²) in [5.41, 5.74) is 14.0. The van der Waals surface area contributed by atoms with Gasteiger partial charge in [0.1, 0.15) is 0 Å². The van der Waals surface area contributed by atoms with Crippen LogP contribution in [0.25, 0.3) is 11.3 Å². The van der Waals surface area contributed by atoms with Crippen molar-refractivity contribution in [2.24, 2.45) is 0 Å². The highest BCUT2D eigenvalue weighted by Gasteiger charge is 2.05. The Morgan fingerprint density at radius 3 is 2.64 bits per heavy atom. The number of nitrogen functional groups attached to an aromatic ring is 2. The van der Waals surface area contributed by atoms with Crippen LogP contribution in [0.15, 0.2) is 36.8 Å². The lowest BCUT2D eigenvalue weighted by molar-refractivity contribution is 1.28. The van der Waals surface area contributed by atoms with Gasteiger partial charge in [0.15, 0.2) is 0 Å². The summed E-state index contributed by atoms with van der Waals surface area (Å²) in [7, 11) is 0. The highest BCUT2D eigenvalue weighted by atomic mass is 14.8. The molecule has 0 unspecified atom stereocenters. The molecular weight excluding hydrogens is 176 g/mol. The topological polar surface area (TPSA) is 77.8 Å². The lowest BCUT2D eigenvalue weighted by atomic mass is 10.1. The molecule has 0 aliphatic carbocycles. The van der Waals surface area contributed by atoms with Gasteiger partial charge in [0.2, 0.25) is 0 Å². The number of pyridine rings is 2. The number of nitrogens with zero attached hydrogens (tertiary/aromatic N) is 2. The average molecular weight is 186 g/mol. The molecule has 4 nitrogen and oxygen atoms in total. The molecule has 0 amide bonds. The number of aromatic nitrogens is 2. The third kappa shape index (κ3) is 1.37. The van der Waals surface area contributed by atoms with Gasteiger partial charge >= 0.3 is 0 Å². The van der Waals surface area contributed by atoms with Gasteiger partial charge in [-0.3, -0.25) is 9.97 Å². The van der Waals surface area contributed by atoms with Gasteiger partial charge in [0.25, 0.3) is 0 Å². The fourth-order valence-electron chi connectivity index (χ4n) is 1.21. The van der Waals surface area contributed by atoms with Crippen LogP contribution in [0.1, 0.15) is 0 Å². The van der Waals surface area contributed by atoms with E-state index in [9.17, 15) is 0 Å². The van der Waals surface area contributed by atoms with Gasteiger partial charge in [-0.05, 0) is 12.1 Å². The molecule has 0 saturated heterocycles. The van der Waals surface area contributed by atoms with Crippen molar-refractivity contribution in [3.8, 4) is 11.3 Å². The van der Waals surface area contributed by atoms with Crippen molar-refractivity contribution < 1.29 is 0 Å². The lowest BCUT2D eigenvalue weighted by Crippen LogP contribution is -1.98. The van der Waals surface area contributed by atoms with Crippen LogP contribution in [0.4, 0.5) is 11.4 Å². The molecule has 4 N–H and O–H groups in total. The Labute approximate surface area is 81.6 Å². The van der Waals surface area contributed by atoms with Crippen LogP contribution in [-0.2, 0) is 0 Å². The molecule has 0 fully saturated rings. The second kappa shape index (κ2) is 3.33.